The van der Waals surface area contributed by atoms with Crippen molar-refractivity contribution in [1.29, 1.82) is 0 Å². The minimum atomic E-state index is -3.39. The summed E-state index contributed by atoms with van der Waals surface area (Å²) in [5, 5.41) is -3.39. The van der Waals surface area contributed by atoms with Crippen molar-refractivity contribution in [3.63, 3.8) is 0 Å². The second-order valence-corrected chi connectivity index (χ2v) is 5.07. The smallest absolute Gasteiger partial charge is 0.235 e. The van der Waals surface area contributed by atoms with Crippen LogP contribution < -0.4 is 0 Å². The standard InChI is InChI=1S/C15H13F3S/c1-19-15(17,18)14(16)13-9-7-12(8-10-13)11-5-3-2-4-6-11/h2-10,14H,1H3. The molecule has 0 aromatic heterocycles. The maximum Gasteiger partial charge on any atom is 0.328 e. The van der Waals surface area contributed by atoms with Crippen molar-refractivity contribution < 1.29 is 13.2 Å². The third-order valence-corrected chi connectivity index (χ3v) is 3.63. The van der Waals surface area contributed by atoms with Gasteiger partial charge in [0.2, 0.25) is 0 Å². The first-order valence-corrected chi connectivity index (χ1v) is 6.99. The fraction of sp³-hybridized carbons (Fsp3) is 0.200. The SMILES string of the molecule is CSC(F)(F)C(F)c1ccc(-c2ccccc2)cc1. The summed E-state index contributed by atoms with van der Waals surface area (Å²) in [6.07, 6.45) is -1.09. The van der Waals surface area contributed by atoms with Crippen molar-refractivity contribution in [2.75, 3.05) is 6.26 Å². The Morgan fingerprint density at radius 3 is 1.95 bits per heavy atom. The van der Waals surface area contributed by atoms with Gasteiger partial charge in [0, 0.05) is 0 Å². The maximum absolute atomic E-state index is 13.7. The van der Waals surface area contributed by atoms with Crippen LogP contribution in [-0.2, 0) is 0 Å². The lowest BCUT2D eigenvalue weighted by Gasteiger charge is -2.18. The van der Waals surface area contributed by atoms with Crippen LogP contribution >= 0.6 is 11.8 Å². The maximum atomic E-state index is 13.7. The molecule has 0 saturated carbocycles. The molecule has 0 aliphatic heterocycles. The molecule has 0 spiro atoms. The zero-order valence-electron chi connectivity index (χ0n) is 10.3. The average molecular weight is 282 g/mol. The van der Waals surface area contributed by atoms with Crippen LogP contribution in [0, 0.1) is 0 Å². The van der Waals surface area contributed by atoms with E-state index in [-0.39, 0.29) is 17.3 Å². The molecular weight excluding hydrogens is 269 g/mol. The topological polar surface area (TPSA) is 0 Å². The van der Waals surface area contributed by atoms with Crippen LogP contribution in [0.25, 0.3) is 11.1 Å². The summed E-state index contributed by atoms with van der Waals surface area (Å²) in [4.78, 5) is 0. The number of hydrogen-bond acceptors (Lipinski definition) is 1. The monoisotopic (exact) mass is 282 g/mol. The van der Waals surface area contributed by atoms with Gasteiger partial charge in [0.15, 0.2) is 6.17 Å². The average Bonchev–Trinajstić information content (AvgIpc) is 2.47. The Labute approximate surface area is 114 Å². The van der Waals surface area contributed by atoms with Gasteiger partial charge < -0.3 is 0 Å². The van der Waals surface area contributed by atoms with Gasteiger partial charge in [-0.3, -0.25) is 0 Å². The highest BCUT2D eigenvalue weighted by atomic mass is 32.2. The second-order valence-electron chi connectivity index (χ2n) is 4.12. The lowest BCUT2D eigenvalue weighted by molar-refractivity contribution is 0.0142. The molecule has 1 atom stereocenters. The van der Waals surface area contributed by atoms with Gasteiger partial charge in [0.05, 0.1) is 0 Å². The summed E-state index contributed by atoms with van der Waals surface area (Å²) < 4.78 is 40.2. The quantitative estimate of drug-likeness (QED) is 0.731. The Hall–Kier alpha value is -1.42. The lowest BCUT2D eigenvalue weighted by Crippen LogP contribution is -2.18. The molecule has 2 aromatic rings. The van der Waals surface area contributed by atoms with Gasteiger partial charge in [-0.1, -0.05) is 66.4 Å². The molecule has 0 nitrogen and oxygen atoms in total. The number of halogens is 3. The first kappa shape index (κ1) is 14.0. The van der Waals surface area contributed by atoms with Crippen LogP contribution in [0.2, 0.25) is 0 Å². The molecule has 2 rings (SSSR count). The van der Waals surface area contributed by atoms with Crippen LogP contribution in [-0.4, -0.2) is 11.5 Å². The fourth-order valence-corrected chi connectivity index (χ4v) is 2.12. The van der Waals surface area contributed by atoms with Crippen molar-refractivity contribution in [3.8, 4) is 11.1 Å². The normalized spacial score (nSPS) is 13.3. The van der Waals surface area contributed by atoms with Crippen molar-refractivity contribution in [3.05, 3.63) is 60.2 Å². The van der Waals surface area contributed by atoms with Gasteiger partial charge in [-0.15, -0.1) is 0 Å². The number of thioether (sulfide) groups is 1. The summed E-state index contributed by atoms with van der Waals surface area (Å²) in [6.45, 7) is 0. The highest BCUT2D eigenvalue weighted by molar-refractivity contribution is 7.99. The Balaban J connectivity index is 2.24. The summed E-state index contributed by atoms with van der Waals surface area (Å²) in [5.74, 6) is 0. The summed E-state index contributed by atoms with van der Waals surface area (Å²) in [7, 11) is 0. The summed E-state index contributed by atoms with van der Waals surface area (Å²) in [5.41, 5.74) is 1.85. The number of alkyl halides is 3. The molecule has 0 heterocycles. The second kappa shape index (κ2) is 5.70. The number of hydrogen-bond donors (Lipinski definition) is 0. The summed E-state index contributed by atoms with van der Waals surface area (Å²) in [6, 6.07) is 15.7. The van der Waals surface area contributed by atoms with E-state index in [9.17, 15) is 13.2 Å². The highest BCUT2D eigenvalue weighted by Crippen LogP contribution is 2.42. The van der Waals surface area contributed by atoms with E-state index in [0.717, 1.165) is 11.1 Å². The van der Waals surface area contributed by atoms with Gasteiger partial charge in [-0.05, 0) is 22.9 Å². The van der Waals surface area contributed by atoms with Crippen LogP contribution in [0.4, 0.5) is 13.2 Å². The van der Waals surface area contributed by atoms with Gasteiger partial charge in [0.25, 0.3) is 0 Å². The zero-order chi connectivity index (χ0) is 13.9. The number of rotatable bonds is 4. The van der Waals surface area contributed by atoms with Crippen LogP contribution in [0.15, 0.2) is 54.6 Å². The molecule has 0 aliphatic rings. The van der Waals surface area contributed by atoms with E-state index in [4.69, 9.17) is 0 Å². The van der Waals surface area contributed by atoms with Gasteiger partial charge in [-0.2, -0.15) is 8.78 Å². The largest absolute Gasteiger partial charge is 0.328 e. The van der Waals surface area contributed by atoms with Gasteiger partial charge >= 0.3 is 5.25 Å². The van der Waals surface area contributed by atoms with Crippen LogP contribution in [0.3, 0.4) is 0 Å². The molecule has 100 valence electrons. The van der Waals surface area contributed by atoms with Crippen molar-refractivity contribution in [1.82, 2.24) is 0 Å². The Morgan fingerprint density at radius 2 is 1.42 bits per heavy atom. The molecule has 2 aromatic carbocycles. The van der Waals surface area contributed by atoms with Crippen molar-refractivity contribution in [2.45, 2.75) is 11.4 Å². The number of benzene rings is 2. The minimum Gasteiger partial charge on any atom is -0.235 e. The third kappa shape index (κ3) is 3.13. The molecule has 0 saturated heterocycles. The van der Waals surface area contributed by atoms with E-state index in [2.05, 4.69) is 0 Å². The molecule has 0 radical (unpaired) electrons. The molecule has 19 heavy (non-hydrogen) atoms. The lowest BCUT2D eigenvalue weighted by atomic mass is 10.0. The van der Waals surface area contributed by atoms with E-state index in [1.807, 2.05) is 30.3 Å². The molecular formula is C15H13F3S. The molecule has 0 bridgehead atoms. The zero-order valence-corrected chi connectivity index (χ0v) is 11.1. The van der Waals surface area contributed by atoms with E-state index in [1.54, 1.807) is 12.1 Å². The highest BCUT2D eigenvalue weighted by Gasteiger charge is 2.40. The van der Waals surface area contributed by atoms with Crippen LogP contribution in [0.5, 0.6) is 0 Å². The molecule has 0 aliphatic carbocycles. The Bertz CT molecular complexity index is 523. The molecule has 1 unspecified atom stereocenters. The Kier molecular flexibility index (Phi) is 4.20. The van der Waals surface area contributed by atoms with Crippen molar-refractivity contribution >= 4 is 11.8 Å². The fourth-order valence-electron chi connectivity index (χ4n) is 1.77. The Morgan fingerprint density at radius 1 is 0.895 bits per heavy atom. The van der Waals surface area contributed by atoms with E-state index in [1.165, 1.54) is 18.4 Å². The van der Waals surface area contributed by atoms with E-state index in [0.29, 0.717) is 0 Å². The summed E-state index contributed by atoms with van der Waals surface area (Å²) >= 11 is 0.222. The molecule has 0 N–H and O–H groups in total. The van der Waals surface area contributed by atoms with E-state index < -0.39 is 11.4 Å². The van der Waals surface area contributed by atoms with Gasteiger partial charge in [0.1, 0.15) is 0 Å². The minimum absolute atomic E-state index is 0.000897. The first-order chi connectivity index (χ1) is 9.04. The van der Waals surface area contributed by atoms with Crippen LogP contribution in [0.1, 0.15) is 11.7 Å². The predicted molar refractivity (Wildman–Crippen MR) is 74.2 cm³/mol. The van der Waals surface area contributed by atoms with Crippen molar-refractivity contribution in [2.24, 2.45) is 0 Å². The predicted octanol–water partition coefficient (Wildman–Crippen LogP) is 5.32. The first-order valence-electron chi connectivity index (χ1n) is 5.77. The van der Waals surface area contributed by atoms with Gasteiger partial charge in [-0.25, -0.2) is 4.39 Å². The molecule has 0 amide bonds. The molecule has 4 heteroatoms. The third-order valence-electron chi connectivity index (χ3n) is 2.88. The van der Waals surface area contributed by atoms with E-state index >= 15 is 0 Å². The molecule has 0 fully saturated rings.